The Morgan fingerprint density at radius 3 is 2.71 bits per heavy atom. The second kappa shape index (κ2) is 6.60. The summed E-state index contributed by atoms with van der Waals surface area (Å²) in [6.07, 6.45) is 2.44. The number of carbonyl (C=O) groups is 1. The maximum atomic E-state index is 12.9. The van der Waals surface area contributed by atoms with Crippen molar-refractivity contribution in [1.82, 2.24) is 29.4 Å². The summed E-state index contributed by atoms with van der Waals surface area (Å²) in [5.74, 6) is 0.905. The van der Waals surface area contributed by atoms with Gasteiger partial charge >= 0.3 is 0 Å². The van der Waals surface area contributed by atoms with Gasteiger partial charge in [-0.3, -0.25) is 4.79 Å². The predicted molar refractivity (Wildman–Crippen MR) is 105 cm³/mol. The van der Waals surface area contributed by atoms with Crippen molar-refractivity contribution in [2.45, 2.75) is 19.4 Å². The Bertz CT molecular complexity index is 1150. The van der Waals surface area contributed by atoms with Gasteiger partial charge in [-0.15, -0.1) is 5.10 Å². The highest BCUT2D eigenvalue weighted by molar-refractivity contribution is 5.92. The Hall–Kier alpha value is -3.48. The fraction of sp³-hybridized carbons (Fsp3) is 0.238. The summed E-state index contributed by atoms with van der Waals surface area (Å²) in [5, 5.41) is 8.62. The minimum absolute atomic E-state index is 0.0771. The van der Waals surface area contributed by atoms with Crippen molar-refractivity contribution in [3.63, 3.8) is 0 Å². The molecule has 140 valence electrons. The zero-order valence-corrected chi connectivity index (χ0v) is 15.6. The molecule has 1 fully saturated rings. The number of aryl methyl sites for hydroxylation is 1. The second-order valence-electron chi connectivity index (χ2n) is 7.07. The summed E-state index contributed by atoms with van der Waals surface area (Å²) in [7, 11) is 0. The molecule has 0 bridgehead atoms. The third-order valence-corrected chi connectivity index (χ3v) is 5.29. The van der Waals surface area contributed by atoms with Crippen molar-refractivity contribution in [1.29, 1.82) is 0 Å². The summed E-state index contributed by atoms with van der Waals surface area (Å²) >= 11 is 0. The molecule has 1 saturated heterocycles. The molecule has 0 spiro atoms. The van der Waals surface area contributed by atoms with Gasteiger partial charge in [0.2, 0.25) is 0 Å². The lowest BCUT2D eigenvalue weighted by Crippen LogP contribution is -2.29. The van der Waals surface area contributed by atoms with Gasteiger partial charge in [-0.05, 0) is 37.6 Å². The number of hydrogen-bond donors (Lipinski definition) is 0. The van der Waals surface area contributed by atoms with Gasteiger partial charge in [0.25, 0.3) is 5.91 Å². The van der Waals surface area contributed by atoms with Crippen LogP contribution in [0.25, 0.3) is 16.7 Å². The molecule has 0 aliphatic carbocycles. The number of rotatable bonds is 3. The second-order valence-corrected chi connectivity index (χ2v) is 7.07. The molecule has 2 aromatic heterocycles. The van der Waals surface area contributed by atoms with E-state index in [1.54, 1.807) is 6.20 Å². The van der Waals surface area contributed by atoms with E-state index in [0.717, 1.165) is 29.0 Å². The molecule has 1 amide bonds. The largest absolute Gasteiger partial charge is 0.335 e. The van der Waals surface area contributed by atoms with Crippen LogP contribution in [0, 0.1) is 6.92 Å². The number of aromatic nitrogens is 5. The molecule has 0 unspecified atom stereocenters. The van der Waals surface area contributed by atoms with Crippen LogP contribution in [0.1, 0.15) is 28.8 Å². The molecular formula is C21H20N6O. The molecule has 3 heterocycles. The highest BCUT2D eigenvalue weighted by Gasteiger charge is 2.31. The van der Waals surface area contributed by atoms with Crippen LogP contribution in [-0.2, 0) is 0 Å². The summed E-state index contributed by atoms with van der Waals surface area (Å²) in [6.45, 7) is 3.38. The lowest BCUT2D eigenvalue weighted by Gasteiger charge is -2.17. The maximum Gasteiger partial charge on any atom is 0.276 e. The zero-order chi connectivity index (χ0) is 19.1. The molecule has 2 aromatic carbocycles. The Morgan fingerprint density at radius 2 is 1.86 bits per heavy atom. The molecular weight excluding hydrogens is 352 g/mol. The quantitative estimate of drug-likeness (QED) is 0.554. The fourth-order valence-electron chi connectivity index (χ4n) is 3.97. The van der Waals surface area contributed by atoms with Gasteiger partial charge in [0.15, 0.2) is 5.69 Å². The van der Waals surface area contributed by atoms with Gasteiger partial charge in [0.05, 0.1) is 29.0 Å². The summed E-state index contributed by atoms with van der Waals surface area (Å²) in [6, 6.07) is 18.0. The molecule has 1 aliphatic heterocycles. The number of benzene rings is 2. The predicted octanol–water partition coefficient (Wildman–Crippen LogP) is 3.01. The van der Waals surface area contributed by atoms with Crippen LogP contribution >= 0.6 is 0 Å². The van der Waals surface area contributed by atoms with E-state index in [1.165, 1.54) is 4.80 Å². The summed E-state index contributed by atoms with van der Waals surface area (Å²) < 4.78 is 2.25. The Kier molecular flexibility index (Phi) is 3.93. The average molecular weight is 372 g/mol. The smallest absolute Gasteiger partial charge is 0.276 e. The molecule has 7 heteroatoms. The van der Waals surface area contributed by atoms with Crippen LogP contribution in [0.5, 0.6) is 0 Å². The van der Waals surface area contributed by atoms with E-state index in [9.17, 15) is 4.79 Å². The van der Waals surface area contributed by atoms with Crippen molar-refractivity contribution < 1.29 is 4.79 Å². The standard InChI is InChI=1S/C21H20N6O/c1-15-23-18-9-5-6-10-20(18)26(15)17-11-12-25(14-17)21(28)19-13-22-27(24-19)16-7-3-2-4-8-16/h2-10,13,17H,11-12,14H2,1H3/t17-/m1/s1. The fourth-order valence-corrected chi connectivity index (χ4v) is 3.97. The molecule has 28 heavy (non-hydrogen) atoms. The molecule has 0 N–H and O–H groups in total. The first-order valence-electron chi connectivity index (χ1n) is 9.41. The maximum absolute atomic E-state index is 12.9. The van der Waals surface area contributed by atoms with Crippen LogP contribution in [0.15, 0.2) is 60.8 Å². The van der Waals surface area contributed by atoms with Crippen molar-refractivity contribution in [3.05, 3.63) is 72.3 Å². The molecule has 1 atom stereocenters. The molecule has 1 aliphatic rings. The number of nitrogens with zero attached hydrogens (tertiary/aromatic N) is 6. The van der Waals surface area contributed by atoms with E-state index in [2.05, 4.69) is 25.8 Å². The van der Waals surface area contributed by atoms with Gasteiger partial charge in [0.1, 0.15) is 5.82 Å². The summed E-state index contributed by atoms with van der Waals surface area (Å²) in [4.78, 5) is 21.0. The van der Waals surface area contributed by atoms with Gasteiger partial charge in [-0.1, -0.05) is 30.3 Å². The Labute approximate surface area is 162 Å². The Morgan fingerprint density at radius 1 is 1.07 bits per heavy atom. The monoisotopic (exact) mass is 372 g/mol. The zero-order valence-electron chi connectivity index (χ0n) is 15.6. The highest BCUT2D eigenvalue weighted by atomic mass is 16.2. The van der Waals surface area contributed by atoms with Crippen LogP contribution in [0.4, 0.5) is 0 Å². The number of fused-ring (bicyclic) bond motifs is 1. The molecule has 5 rings (SSSR count). The van der Waals surface area contributed by atoms with E-state index in [1.807, 2.05) is 60.4 Å². The van der Waals surface area contributed by atoms with Gasteiger partial charge in [-0.2, -0.15) is 9.90 Å². The number of imidazole rings is 1. The number of amides is 1. The van der Waals surface area contributed by atoms with Gasteiger partial charge < -0.3 is 9.47 Å². The van der Waals surface area contributed by atoms with Crippen molar-refractivity contribution in [3.8, 4) is 5.69 Å². The minimum Gasteiger partial charge on any atom is -0.335 e. The third kappa shape index (κ3) is 2.76. The third-order valence-electron chi connectivity index (χ3n) is 5.29. The average Bonchev–Trinajstić information content (AvgIpc) is 3.45. The van der Waals surface area contributed by atoms with E-state index >= 15 is 0 Å². The first-order valence-corrected chi connectivity index (χ1v) is 9.41. The minimum atomic E-state index is -0.0771. The van der Waals surface area contributed by atoms with Crippen LogP contribution in [0.3, 0.4) is 0 Å². The van der Waals surface area contributed by atoms with E-state index in [4.69, 9.17) is 0 Å². The van der Waals surface area contributed by atoms with Crippen molar-refractivity contribution >= 4 is 16.9 Å². The van der Waals surface area contributed by atoms with Crippen LogP contribution in [0.2, 0.25) is 0 Å². The van der Waals surface area contributed by atoms with E-state index in [-0.39, 0.29) is 11.9 Å². The highest BCUT2D eigenvalue weighted by Crippen LogP contribution is 2.28. The topological polar surface area (TPSA) is 68.8 Å². The SMILES string of the molecule is Cc1nc2ccccc2n1[C@@H]1CCN(C(=O)c2cnn(-c3ccccc3)n2)C1. The van der Waals surface area contributed by atoms with E-state index < -0.39 is 0 Å². The number of hydrogen-bond acceptors (Lipinski definition) is 4. The first-order chi connectivity index (χ1) is 13.7. The van der Waals surface area contributed by atoms with Crippen LogP contribution < -0.4 is 0 Å². The molecule has 0 radical (unpaired) electrons. The molecule has 7 nitrogen and oxygen atoms in total. The van der Waals surface area contributed by atoms with Crippen LogP contribution in [-0.4, -0.2) is 48.4 Å². The lowest BCUT2D eigenvalue weighted by molar-refractivity contribution is 0.0781. The summed E-state index contributed by atoms with van der Waals surface area (Å²) in [5.41, 5.74) is 3.32. The van der Waals surface area contributed by atoms with Gasteiger partial charge in [-0.25, -0.2) is 4.98 Å². The first kappa shape index (κ1) is 16.7. The molecule has 4 aromatic rings. The molecule has 0 saturated carbocycles. The Balaban J connectivity index is 1.37. The number of carbonyl (C=O) groups excluding carboxylic acids is 1. The number of likely N-dealkylation sites (tertiary alicyclic amines) is 1. The van der Waals surface area contributed by atoms with Crippen molar-refractivity contribution in [2.24, 2.45) is 0 Å². The number of para-hydroxylation sites is 3. The lowest BCUT2D eigenvalue weighted by atomic mass is 10.2. The van der Waals surface area contributed by atoms with E-state index in [0.29, 0.717) is 18.8 Å². The van der Waals surface area contributed by atoms with Crippen molar-refractivity contribution in [2.75, 3.05) is 13.1 Å². The normalized spacial score (nSPS) is 16.8. The van der Waals surface area contributed by atoms with Gasteiger partial charge in [0, 0.05) is 13.1 Å².